The number of hydrogen-bond donors (Lipinski definition) is 1. The van der Waals surface area contributed by atoms with Crippen LogP contribution in [0, 0.1) is 0 Å². The molecule has 0 aromatic heterocycles. The maximum Gasteiger partial charge on any atom is 0.387 e. The minimum absolute atomic E-state index is 0.0628. The van der Waals surface area contributed by atoms with Gasteiger partial charge in [0.25, 0.3) is 5.91 Å². The van der Waals surface area contributed by atoms with E-state index in [-0.39, 0.29) is 16.9 Å². The summed E-state index contributed by atoms with van der Waals surface area (Å²) in [6.45, 7) is -2.97. The van der Waals surface area contributed by atoms with Crippen LogP contribution in [0.4, 0.5) is 8.78 Å². The monoisotopic (exact) mass is 407 g/mol. The van der Waals surface area contributed by atoms with Gasteiger partial charge in [-0.15, -0.1) is 0 Å². The summed E-state index contributed by atoms with van der Waals surface area (Å²) in [7, 11) is 4.32. The zero-order valence-corrected chi connectivity index (χ0v) is 15.9. The number of hydrogen-bond acceptors (Lipinski definition) is 5. The number of likely N-dealkylation sites (N-methyl/N-ethyl adjacent to an activating group) is 1. The van der Waals surface area contributed by atoms with Gasteiger partial charge in [-0.25, -0.2) is 0 Å². The van der Waals surface area contributed by atoms with Gasteiger partial charge in [0, 0.05) is 12.6 Å². The molecule has 0 unspecified atom stereocenters. The number of amides is 1. The Labute approximate surface area is 165 Å². The Hall–Kier alpha value is -3.36. The Balaban J connectivity index is 2.12. The third kappa shape index (κ3) is 3.67. The van der Waals surface area contributed by atoms with E-state index in [0.717, 1.165) is 0 Å². The molecule has 0 radical (unpaired) electrons. The number of carboxylic acids is 1. The summed E-state index contributed by atoms with van der Waals surface area (Å²) >= 11 is 0. The summed E-state index contributed by atoms with van der Waals surface area (Å²) < 4.78 is 39.6. The molecule has 2 atom stereocenters. The van der Waals surface area contributed by atoms with E-state index in [2.05, 4.69) is 4.74 Å². The highest BCUT2D eigenvalue weighted by Gasteiger charge is 2.43. The molecule has 29 heavy (non-hydrogen) atoms. The molecule has 1 aliphatic heterocycles. The lowest BCUT2D eigenvalue weighted by molar-refractivity contribution is -0.140. The zero-order chi connectivity index (χ0) is 21.3. The molecule has 2 aromatic carbocycles. The second-order valence-electron chi connectivity index (χ2n) is 6.42. The molecule has 0 saturated carbocycles. The van der Waals surface area contributed by atoms with E-state index in [1.807, 2.05) is 0 Å². The van der Waals surface area contributed by atoms with Crippen molar-refractivity contribution in [3.8, 4) is 17.2 Å². The third-order valence-corrected chi connectivity index (χ3v) is 4.89. The first-order valence-corrected chi connectivity index (χ1v) is 8.59. The molecular formula is C20H19F2NO6. The van der Waals surface area contributed by atoms with E-state index < -0.39 is 30.4 Å². The molecule has 1 N–H and O–H groups in total. The van der Waals surface area contributed by atoms with Crippen molar-refractivity contribution in [3.63, 3.8) is 0 Å². The van der Waals surface area contributed by atoms with Gasteiger partial charge in [-0.1, -0.05) is 12.1 Å². The first-order chi connectivity index (χ1) is 13.8. The van der Waals surface area contributed by atoms with Crippen LogP contribution in [0.1, 0.15) is 33.4 Å². The Morgan fingerprint density at radius 1 is 1.10 bits per heavy atom. The maximum atomic E-state index is 13.0. The van der Waals surface area contributed by atoms with Crippen molar-refractivity contribution in [2.45, 2.75) is 18.6 Å². The lowest BCUT2D eigenvalue weighted by Crippen LogP contribution is -2.42. The molecule has 154 valence electrons. The van der Waals surface area contributed by atoms with Crippen molar-refractivity contribution in [2.24, 2.45) is 0 Å². The Kier molecular flexibility index (Phi) is 5.58. The minimum atomic E-state index is -2.97. The topological polar surface area (TPSA) is 85.3 Å². The number of methoxy groups -OCH3 is 2. The first kappa shape index (κ1) is 20.4. The second kappa shape index (κ2) is 7.94. The molecule has 7 nitrogen and oxygen atoms in total. The quantitative estimate of drug-likeness (QED) is 0.791. The fourth-order valence-electron chi connectivity index (χ4n) is 3.58. The van der Waals surface area contributed by atoms with Gasteiger partial charge < -0.3 is 24.2 Å². The van der Waals surface area contributed by atoms with E-state index in [9.17, 15) is 23.5 Å². The number of carbonyl (C=O) groups is 2. The highest BCUT2D eigenvalue weighted by atomic mass is 19.3. The molecule has 3 rings (SSSR count). The minimum Gasteiger partial charge on any atom is -0.493 e. The molecule has 2 aromatic rings. The third-order valence-electron chi connectivity index (χ3n) is 4.89. The molecular weight excluding hydrogens is 388 g/mol. The molecule has 1 aliphatic rings. The van der Waals surface area contributed by atoms with E-state index in [1.54, 1.807) is 0 Å². The fourth-order valence-corrected chi connectivity index (χ4v) is 3.58. The normalized spacial score (nSPS) is 18.4. The molecule has 0 bridgehead atoms. The van der Waals surface area contributed by atoms with Crippen molar-refractivity contribution in [1.82, 2.24) is 4.90 Å². The second-order valence-corrected chi connectivity index (χ2v) is 6.42. The van der Waals surface area contributed by atoms with Crippen LogP contribution in [0.25, 0.3) is 0 Å². The maximum absolute atomic E-state index is 13.0. The summed E-state index contributed by atoms with van der Waals surface area (Å²) in [5.74, 6) is -2.09. The SMILES string of the molecule is COc1cc2c(cc1OC)[C@H](C(=O)O)[C@@H](c1ccc(OC(F)F)cc1)N(C)C2=O. The van der Waals surface area contributed by atoms with Crippen LogP contribution in [-0.4, -0.2) is 49.8 Å². The number of carbonyl (C=O) groups excluding carboxylic acids is 1. The molecule has 0 fully saturated rings. The molecule has 0 saturated heterocycles. The van der Waals surface area contributed by atoms with Crippen molar-refractivity contribution in [3.05, 3.63) is 53.1 Å². The van der Waals surface area contributed by atoms with Gasteiger partial charge in [0.15, 0.2) is 11.5 Å². The van der Waals surface area contributed by atoms with E-state index in [4.69, 9.17) is 9.47 Å². The Bertz CT molecular complexity index is 931. The van der Waals surface area contributed by atoms with Gasteiger partial charge >= 0.3 is 12.6 Å². The smallest absolute Gasteiger partial charge is 0.387 e. The standard InChI is InChI=1S/C20H19F2NO6/c1-23-17(10-4-6-11(7-5-10)29-20(21)22)16(19(25)26)12-8-14(27-2)15(28-3)9-13(12)18(23)24/h4-9,16-17,20H,1-3H3,(H,25,26)/t16-,17+/m0/s1. The van der Waals surface area contributed by atoms with Crippen LogP contribution in [0.15, 0.2) is 36.4 Å². The molecule has 0 aliphatic carbocycles. The predicted octanol–water partition coefficient (Wildman–Crippen LogP) is 3.30. The lowest BCUT2D eigenvalue weighted by Gasteiger charge is -2.39. The van der Waals surface area contributed by atoms with Crippen molar-refractivity contribution < 1.29 is 37.7 Å². The average molecular weight is 407 g/mol. The number of halogens is 2. The Morgan fingerprint density at radius 2 is 1.69 bits per heavy atom. The summed E-state index contributed by atoms with van der Waals surface area (Å²) in [6.07, 6.45) is 0. The number of alkyl halides is 2. The van der Waals surface area contributed by atoms with Crippen molar-refractivity contribution >= 4 is 11.9 Å². The van der Waals surface area contributed by atoms with Gasteiger partial charge in [0.05, 0.1) is 20.3 Å². The summed E-state index contributed by atoms with van der Waals surface area (Å²) in [5.41, 5.74) is 0.956. The van der Waals surface area contributed by atoms with Gasteiger partial charge in [-0.3, -0.25) is 9.59 Å². The largest absolute Gasteiger partial charge is 0.493 e. The van der Waals surface area contributed by atoms with Crippen LogP contribution in [0.2, 0.25) is 0 Å². The Morgan fingerprint density at radius 3 is 2.21 bits per heavy atom. The predicted molar refractivity (Wildman–Crippen MR) is 97.8 cm³/mol. The molecule has 9 heteroatoms. The molecule has 0 spiro atoms. The number of benzene rings is 2. The van der Waals surface area contributed by atoms with Gasteiger partial charge in [-0.2, -0.15) is 8.78 Å². The number of carboxylic acid groups (broad SMARTS) is 1. The van der Waals surface area contributed by atoms with Crippen LogP contribution in [0.3, 0.4) is 0 Å². The first-order valence-electron chi connectivity index (χ1n) is 8.59. The number of fused-ring (bicyclic) bond motifs is 1. The van der Waals surface area contributed by atoms with E-state index in [1.165, 1.54) is 62.6 Å². The van der Waals surface area contributed by atoms with Crippen molar-refractivity contribution in [2.75, 3.05) is 21.3 Å². The lowest BCUT2D eigenvalue weighted by atomic mass is 9.80. The summed E-state index contributed by atoms with van der Waals surface area (Å²) in [4.78, 5) is 26.5. The average Bonchev–Trinajstić information content (AvgIpc) is 2.69. The number of ether oxygens (including phenoxy) is 3. The summed E-state index contributed by atoms with van der Waals surface area (Å²) in [5, 5.41) is 9.95. The van der Waals surface area contributed by atoms with E-state index in [0.29, 0.717) is 17.1 Å². The number of aliphatic carboxylic acids is 1. The number of nitrogens with zero attached hydrogens (tertiary/aromatic N) is 1. The zero-order valence-electron chi connectivity index (χ0n) is 15.9. The van der Waals surface area contributed by atoms with Crippen LogP contribution >= 0.6 is 0 Å². The van der Waals surface area contributed by atoms with Gasteiger partial charge in [0.1, 0.15) is 11.7 Å². The van der Waals surface area contributed by atoms with Crippen LogP contribution < -0.4 is 14.2 Å². The van der Waals surface area contributed by atoms with Gasteiger partial charge in [0.2, 0.25) is 0 Å². The van der Waals surface area contributed by atoms with E-state index >= 15 is 0 Å². The highest BCUT2D eigenvalue weighted by molar-refractivity contribution is 6.01. The van der Waals surface area contributed by atoms with Crippen LogP contribution in [0.5, 0.6) is 17.2 Å². The molecule has 1 heterocycles. The van der Waals surface area contributed by atoms with Crippen LogP contribution in [-0.2, 0) is 4.79 Å². The van der Waals surface area contributed by atoms with Crippen molar-refractivity contribution in [1.29, 1.82) is 0 Å². The summed E-state index contributed by atoms with van der Waals surface area (Å²) in [6, 6.07) is 7.64. The molecule has 1 amide bonds. The highest BCUT2D eigenvalue weighted by Crippen LogP contribution is 2.45. The number of rotatable bonds is 6. The van der Waals surface area contributed by atoms with Gasteiger partial charge in [-0.05, 0) is 35.4 Å². The fraction of sp³-hybridized carbons (Fsp3) is 0.300.